The van der Waals surface area contributed by atoms with Crippen LogP contribution < -0.4 is 11.1 Å². The number of nitrogen functional groups attached to an aromatic ring is 1. The van der Waals surface area contributed by atoms with Crippen molar-refractivity contribution in [2.24, 2.45) is 7.05 Å². The fraction of sp³-hybridized carbons (Fsp3) is 0.241. The van der Waals surface area contributed by atoms with E-state index in [-0.39, 0.29) is 34.3 Å². The number of carbonyl (C=O) groups is 2. The predicted molar refractivity (Wildman–Crippen MR) is 147 cm³/mol. The Morgan fingerprint density at radius 3 is 2.41 bits per heavy atom. The van der Waals surface area contributed by atoms with Crippen LogP contribution in [-0.4, -0.2) is 44.3 Å². The molecular weight excluding hydrogens is 502 g/mol. The zero-order valence-electron chi connectivity index (χ0n) is 21.7. The average Bonchev–Trinajstić information content (AvgIpc) is 3.56. The van der Waals surface area contributed by atoms with E-state index in [9.17, 15) is 18.4 Å². The highest BCUT2D eigenvalue weighted by molar-refractivity contribution is 6.09. The quantitative estimate of drug-likeness (QED) is 0.317. The third kappa shape index (κ3) is 4.73. The van der Waals surface area contributed by atoms with Crippen LogP contribution in [0.4, 0.5) is 20.3 Å². The highest BCUT2D eigenvalue weighted by Gasteiger charge is 2.28. The zero-order chi connectivity index (χ0) is 27.8. The van der Waals surface area contributed by atoms with Crippen LogP contribution in [0.3, 0.4) is 0 Å². The number of amides is 2. The largest absolute Gasteiger partial charge is 0.383 e. The van der Waals surface area contributed by atoms with E-state index in [0.29, 0.717) is 52.2 Å². The van der Waals surface area contributed by atoms with E-state index in [1.54, 1.807) is 59.8 Å². The van der Waals surface area contributed by atoms with Gasteiger partial charge in [-0.25, -0.2) is 18.7 Å². The second-order valence-electron chi connectivity index (χ2n) is 9.65. The van der Waals surface area contributed by atoms with Crippen molar-refractivity contribution < 1.29 is 18.4 Å². The van der Waals surface area contributed by atoms with Gasteiger partial charge in [-0.3, -0.25) is 9.59 Å². The molecule has 2 amide bonds. The molecule has 200 valence electrons. The molecule has 8 nitrogen and oxygen atoms in total. The molecule has 4 aromatic rings. The normalized spacial score (nSPS) is 13.3. The Balaban J connectivity index is 1.69. The highest BCUT2D eigenvalue weighted by Crippen LogP contribution is 2.45. The first-order valence-electron chi connectivity index (χ1n) is 12.5. The molecule has 0 aliphatic carbocycles. The number of fused-ring (bicyclic) bond motifs is 1. The van der Waals surface area contributed by atoms with Crippen molar-refractivity contribution in [1.29, 1.82) is 0 Å². The lowest BCUT2D eigenvalue weighted by Crippen LogP contribution is -2.27. The fourth-order valence-corrected chi connectivity index (χ4v) is 5.03. The minimum Gasteiger partial charge on any atom is -0.383 e. The average molecular weight is 531 g/mol. The lowest BCUT2D eigenvalue weighted by molar-refractivity contribution is -0.112. The summed E-state index contributed by atoms with van der Waals surface area (Å²) in [6.07, 6.45) is 0.285. The summed E-state index contributed by atoms with van der Waals surface area (Å²) in [6.45, 7) is 6.49. The molecule has 1 aliphatic heterocycles. The van der Waals surface area contributed by atoms with Crippen LogP contribution in [0, 0.1) is 0 Å². The Kier molecular flexibility index (Phi) is 6.86. The molecule has 1 fully saturated rings. The topological polar surface area (TPSA) is 106 Å². The number of carbonyl (C=O) groups excluding carboxylic acids is 2. The van der Waals surface area contributed by atoms with Crippen LogP contribution in [-0.2, 0) is 11.8 Å². The van der Waals surface area contributed by atoms with Crippen molar-refractivity contribution in [2.45, 2.75) is 26.2 Å². The number of alkyl halides is 2. The van der Waals surface area contributed by atoms with Crippen LogP contribution in [0.2, 0.25) is 0 Å². The summed E-state index contributed by atoms with van der Waals surface area (Å²) in [5.41, 5.74) is 9.60. The molecule has 2 aromatic heterocycles. The van der Waals surface area contributed by atoms with Gasteiger partial charge in [0, 0.05) is 48.1 Å². The fourth-order valence-electron chi connectivity index (χ4n) is 5.03. The summed E-state index contributed by atoms with van der Waals surface area (Å²) >= 11 is 0. The number of likely N-dealkylation sites (tertiary alicyclic amines) is 1. The van der Waals surface area contributed by atoms with Gasteiger partial charge in [0.15, 0.2) is 0 Å². The Hall–Kier alpha value is -4.60. The monoisotopic (exact) mass is 530 g/mol. The first-order valence-corrected chi connectivity index (χ1v) is 12.5. The molecule has 0 bridgehead atoms. The molecule has 10 heteroatoms. The van der Waals surface area contributed by atoms with Crippen molar-refractivity contribution in [3.63, 3.8) is 0 Å². The number of benzene rings is 2. The SMILES string of the molecule is C=C(C)C(=O)Nc1ccc(-c2c(-c3ccc(C(=O)N4CCCC4)cc3C(F)F)c3c(N)ncnc3n2C)cc1. The molecule has 2 aromatic carbocycles. The van der Waals surface area contributed by atoms with Crippen molar-refractivity contribution in [3.8, 4) is 22.4 Å². The van der Waals surface area contributed by atoms with E-state index in [4.69, 9.17) is 5.73 Å². The number of halogens is 2. The second-order valence-corrected chi connectivity index (χ2v) is 9.65. The van der Waals surface area contributed by atoms with E-state index in [1.807, 2.05) is 0 Å². The summed E-state index contributed by atoms with van der Waals surface area (Å²) in [6, 6.07) is 11.4. The van der Waals surface area contributed by atoms with Crippen molar-refractivity contribution in [2.75, 3.05) is 24.1 Å². The molecule has 1 aliphatic rings. The lowest BCUT2D eigenvalue weighted by Gasteiger charge is -2.18. The van der Waals surface area contributed by atoms with Crippen LogP contribution in [0.25, 0.3) is 33.4 Å². The zero-order valence-corrected chi connectivity index (χ0v) is 21.7. The maximum absolute atomic E-state index is 14.6. The number of nitrogens with one attached hydrogen (secondary N) is 1. The van der Waals surface area contributed by atoms with Crippen molar-refractivity contribution in [3.05, 3.63) is 72.1 Å². The summed E-state index contributed by atoms with van der Waals surface area (Å²) in [5.74, 6) is -0.407. The maximum Gasteiger partial charge on any atom is 0.264 e. The van der Waals surface area contributed by atoms with Crippen LogP contribution in [0.15, 0.2) is 60.9 Å². The third-order valence-electron chi connectivity index (χ3n) is 7.00. The Bertz CT molecular complexity index is 1600. The van der Waals surface area contributed by atoms with Gasteiger partial charge in [0.2, 0.25) is 0 Å². The van der Waals surface area contributed by atoms with E-state index in [1.165, 1.54) is 12.4 Å². The summed E-state index contributed by atoms with van der Waals surface area (Å²) < 4.78 is 30.9. The molecule has 3 N–H and O–H groups in total. The number of hydrogen-bond donors (Lipinski definition) is 2. The summed E-state index contributed by atoms with van der Waals surface area (Å²) in [4.78, 5) is 35.2. The molecule has 39 heavy (non-hydrogen) atoms. The second kappa shape index (κ2) is 10.3. The lowest BCUT2D eigenvalue weighted by atomic mass is 9.93. The van der Waals surface area contributed by atoms with Crippen LogP contribution in [0.5, 0.6) is 0 Å². The van der Waals surface area contributed by atoms with Crippen LogP contribution in [0.1, 0.15) is 42.1 Å². The first-order chi connectivity index (χ1) is 18.7. The number of nitrogens with two attached hydrogens (primary N) is 1. The molecule has 3 heterocycles. The van der Waals surface area contributed by atoms with Crippen LogP contribution >= 0.6 is 0 Å². The van der Waals surface area contributed by atoms with Gasteiger partial charge in [-0.2, -0.15) is 0 Å². The van der Waals surface area contributed by atoms with Crippen molar-refractivity contribution in [1.82, 2.24) is 19.4 Å². The molecular formula is C29H28F2N6O2. The molecule has 0 radical (unpaired) electrons. The number of aryl methyl sites for hydroxylation is 1. The van der Waals surface area contributed by atoms with Gasteiger partial charge in [0.05, 0.1) is 11.1 Å². The number of hydrogen-bond acceptors (Lipinski definition) is 5. The standard InChI is InChI=1S/C29H28F2N6O2/c1-16(2)28(38)35-19-9-6-17(7-10-19)24-22(23-26(32)33-15-34-27(23)36(24)3)20-11-8-18(14-21(20)25(30)31)29(39)37-12-4-5-13-37/h6-11,14-15,25H,1,4-5,12-13H2,2-3H3,(H,35,38)(H2,32,33,34). The van der Waals surface area contributed by atoms with Gasteiger partial charge >= 0.3 is 0 Å². The smallest absolute Gasteiger partial charge is 0.264 e. The molecule has 0 saturated carbocycles. The third-order valence-corrected chi connectivity index (χ3v) is 7.00. The molecule has 5 rings (SSSR count). The summed E-state index contributed by atoms with van der Waals surface area (Å²) in [7, 11) is 1.78. The van der Waals surface area contributed by atoms with E-state index < -0.39 is 6.43 Å². The first kappa shape index (κ1) is 26.0. The highest BCUT2D eigenvalue weighted by atomic mass is 19.3. The van der Waals surface area contributed by atoms with Crippen molar-refractivity contribution >= 4 is 34.4 Å². The number of nitrogens with zero attached hydrogens (tertiary/aromatic N) is 4. The van der Waals surface area contributed by atoms with E-state index in [0.717, 1.165) is 12.8 Å². The molecule has 0 unspecified atom stereocenters. The molecule has 1 saturated heterocycles. The Morgan fingerprint density at radius 1 is 1.08 bits per heavy atom. The van der Waals surface area contributed by atoms with Gasteiger partial charge in [-0.1, -0.05) is 24.8 Å². The van der Waals surface area contributed by atoms with Gasteiger partial charge in [-0.05, 0) is 55.2 Å². The predicted octanol–water partition coefficient (Wildman–Crippen LogP) is 5.57. The Morgan fingerprint density at radius 2 is 1.77 bits per heavy atom. The number of aromatic nitrogens is 3. The minimum atomic E-state index is -2.85. The number of anilines is 2. The minimum absolute atomic E-state index is 0.152. The molecule has 0 atom stereocenters. The summed E-state index contributed by atoms with van der Waals surface area (Å²) in [5, 5.41) is 3.20. The van der Waals surface area contributed by atoms with Gasteiger partial charge in [-0.15, -0.1) is 0 Å². The van der Waals surface area contributed by atoms with Gasteiger partial charge in [0.25, 0.3) is 18.2 Å². The molecule has 0 spiro atoms. The Labute approximate surface area is 224 Å². The van der Waals surface area contributed by atoms with Gasteiger partial charge in [0.1, 0.15) is 17.8 Å². The van der Waals surface area contributed by atoms with E-state index >= 15 is 0 Å². The van der Waals surface area contributed by atoms with Gasteiger partial charge < -0.3 is 20.5 Å². The number of rotatable bonds is 6. The maximum atomic E-state index is 14.6. The van der Waals surface area contributed by atoms with E-state index in [2.05, 4.69) is 21.9 Å².